The molecule has 158 valence electrons. The van der Waals surface area contributed by atoms with Gasteiger partial charge in [-0.1, -0.05) is 24.3 Å². The molecule has 4 rings (SSSR count). The van der Waals surface area contributed by atoms with Gasteiger partial charge in [-0.3, -0.25) is 4.79 Å². The molecule has 6 nitrogen and oxygen atoms in total. The van der Waals surface area contributed by atoms with Gasteiger partial charge in [0.2, 0.25) is 0 Å². The Morgan fingerprint density at radius 3 is 2.67 bits per heavy atom. The van der Waals surface area contributed by atoms with E-state index in [1.165, 1.54) is 5.56 Å². The molecular weight excluding hydrogens is 382 g/mol. The van der Waals surface area contributed by atoms with Crippen LogP contribution in [0.15, 0.2) is 48.5 Å². The third kappa shape index (κ3) is 5.19. The summed E-state index contributed by atoms with van der Waals surface area (Å²) in [5, 5.41) is 2.99. The van der Waals surface area contributed by atoms with Gasteiger partial charge in [0.25, 0.3) is 5.91 Å². The SMILES string of the molecule is O=C(COC(=O)c1ccc(OC[C@@H]2CCCO2)cc1)N[C@@H]1CCCc2ccccc21. The first-order chi connectivity index (χ1) is 14.7. The summed E-state index contributed by atoms with van der Waals surface area (Å²) >= 11 is 0. The highest BCUT2D eigenvalue weighted by molar-refractivity contribution is 5.91. The van der Waals surface area contributed by atoms with Crippen molar-refractivity contribution >= 4 is 11.9 Å². The summed E-state index contributed by atoms with van der Waals surface area (Å²) in [6.07, 6.45) is 5.18. The molecule has 1 heterocycles. The molecule has 2 aromatic carbocycles. The largest absolute Gasteiger partial charge is 0.491 e. The molecule has 0 bridgehead atoms. The van der Waals surface area contributed by atoms with Gasteiger partial charge in [-0.05, 0) is 67.5 Å². The van der Waals surface area contributed by atoms with Crippen LogP contribution in [0.2, 0.25) is 0 Å². The first-order valence-electron chi connectivity index (χ1n) is 10.6. The summed E-state index contributed by atoms with van der Waals surface area (Å²) < 4.78 is 16.4. The molecule has 30 heavy (non-hydrogen) atoms. The van der Waals surface area contributed by atoms with E-state index < -0.39 is 5.97 Å². The van der Waals surface area contributed by atoms with Gasteiger partial charge >= 0.3 is 5.97 Å². The molecule has 1 fully saturated rings. The van der Waals surface area contributed by atoms with E-state index >= 15 is 0 Å². The molecule has 0 unspecified atom stereocenters. The van der Waals surface area contributed by atoms with Crippen LogP contribution in [0.3, 0.4) is 0 Å². The highest BCUT2D eigenvalue weighted by atomic mass is 16.5. The van der Waals surface area contributed by atoms with Gasteiger partial charge in [-0.25, -0.2) is 4.79 Å². The Balaban J connectivity index is 1.24. The second-order valence-corrected chi connectivity index (χ2v) is 7.76. The van der Waals surface area contributed by atoms with Crippen molar-refractivity contribution in [2.24, 2.45) is 0 Å². The second kappa shape index (κ2) is 9.76. The van der Waals surface area contributed by atoms with Crippen LogP contribution in [0.4, 0.5) is 0 Å². The molecule has 0 radical (unpaired) electrons. The number of nitrogens with one attached hydrogen (secondary N) is 1. The van der Waals surface area contributed by atoms with Gasteiger partial charge in [-0.2, -0.15) is 0 Å². The Labute approximate surface area is 176 Å². The summed E-state index contributed by atoms with van der Waals surface area (Å²) in [6, 6.07) is 14.9. The molecule has 1 N–H and O–H groups in total. The van der Waals surface area contributed by atoms with E-state index in [9.17, 15) is 9.59 Å². The Morgan fingerprint density at radius 1 is 1.03 bits per heavy atom. The van der Waals surface area contributed by atoms with Crippen LogP contribution in [-0.4, -0.2) is 37.8 Å². The minimum atomic E-state index is -0.528. The minimum Gasteiger partial charge on any atom is -0.491 e. The average molecular weight is 409 g/mol. The molecule has 1 aliphatic carbocycles. The van der Waals surface area contributed by atoms with Gasteiger partial charge in [0.15, 0.2) is 6.61 Å². The topological polar surface area (TPSA) is 73.9 Å². The quantitative estimate of drug-likeness (QED) is 0.708. The van der Waals surface area contributed by atoms with Crippen molar-refractivity contribution in [2.45, 2.75) is 44.2 Å². The number of ether oxygens (including phenoxy) is 3. The Kier molecular flexibility index (Phi) is 6.64. The molecule has 0 saturated carbocycles. The summed E-state index contributed by atoms with van der Waals surface area (Å²) in [4.78, 5) is 24.6. The molecular formula is C24H27NO5. The number of esters is 1. The fourth-order valence-electron chi connectivity index (χ4n) is 4.01. The fourth-order valence-corrected chi connectivity index (χ4v) is 4.01. The van der Waals surface area contributed by atoms with E-state index in [0.29, 0.717) is 17.9 Å². The van der Waals surface area contributed by atoms with E-state index in [4.69, 9.17) is 14.2 Å². The standard InChI is InChI=1S/C24H27NO5/c26-23(25-22-9-3-6-17-5-1-2-8-21(17)22)16-30-24(27)18-10-12-19(13-11-18)29-15-20-7-4-14-28-20/h1-2,5,8,10-13,20,22H,3-4,6-7,9,14-16H2,(H,25,26)/t20-,22+/m0/s1. The van der Waals surface area contributed by atoms with Crippen LogP contribution in [0.25, 0.3) is 0 Å². The number of benzene rings is 2. The van der Waals surface area contributed by atoms with Crippen LogP contribution in [0.5, 0.6) is 5.75 Å². The zero-order valence-electron chi connectivity index (χ0n) is 17.0. The van der Waals surface area contributed by atoms with E-state index in [1.807, 2.05) is 18.2 Å². The van der Waals surface area contributed by atoms with Crippen molar-refractivity contribution in [3.05, 3.63) is 65.2 Å². The number of fused-ring (bicyclic) bond motifs is 1. The maximum atomic E-state index is 12.3. The zero-order valence-corrected chi connectivity index (χ0v) is 17.0. The zero-order chi connectivity index (χ0) is 20.8. The lowest BCUT2D eigenvalue weighted by atomic mass is 9.88. The number of carbonyl (C=O) groups excluding carboxylic acids is 2. The third-order valence-corrected chi connectivity index (χ3v) is 5.59. The molecule has 0 spiro atoms. The van der Waals surface area contributed by atoms with Crippen molar-refractivity contribution in [3.63, 3.8) is 0 Å². The summed E-state index contributed by atoms with van der Waals surface area (Å²) in [6.45, 7) is 1.00. The Bertz CT molecular complexity index is 873. The number of aryl methyl sites for hydroxylation is 1. The smallest absolute Gasteiger partial charge is 0.338 e. The van der Waals surface area contributed by atoms with E-state index in [-0.39, 0.29) is 24.7 Å². The van der Waals surface area contributed by atoms with Gasteiger partial charge in [-0.15, -0.1) is 0 Å². The minimum absolute atomic E-state index is 0.0265. The third-order valence-electron chi connectivity index (χ3n) is 5.59. The highest BCUT2D eigenvalue weighted by Gasteiger charge is 2.22. The maximum absolute atomic E-state index is 12.3. The predicted octanol–water partition coefficient (Wildman–Crippen LogP) is 3.60. The number of rotatable bonds is 7. The molecule has 2 atom stereocenters. The molecule has 6 heteroatoms. The van der Waals surface area contributed by atoms with Gasteiger partial charge in [0.05, 0.1) is 17.7 Å². The average Bonchev–Trinajstić information content (AvgIpc) is 3.30. The van der Waals surface area contributed by atoms with Crippen LogP contribution in [-0.2, 0) is 20.7 Å². The second-order valence-electron chi connectivity index (χ2n) is 7.76. The van der Waals surface area contributed by atoms with Crippen molar-refractivity contribution in [2.75, 3.05) is 19.8 Å². The van der Waals surface area contributed by atoms with Crippen molar-refractivity contribution in [1.29, 1.82) is 0 Å². The number of hydrogen-bond donors (Lipinski definition) is 1. The summed E-state index contributed by atoms with van der Waals surface area (Å²) in [7, 11) is 0. The summed E-state index contributed by atoms with van der Waals surface area (Å²) in [5.41, 5.74) is 2.81. The van der Waals surface area contributed by atoms with E-state index in [1.54, 1.807) is 24.3 Å². The normalized spacial score (nSPS) is 20.3. The molecule has 1 saturated heterocycles. The van der Waals surface area contributed by atoms with Gasteiger partial charge in [0.1, 0.15) is 12.4 Å². The molecule has 0 aromatic heterocycles. The maximum Gasteiger partial charge on any atom is 0.338 e. The number of carbonyl (C=O) groups is 2. The highest BCUT2D eigenvalue weighted by Crippen LogP contribution is 2.29. The van der Waals surface area contributed by atoms with Crippen LogP contribution in [0, 0.1) is 0 Å². The molecule has 2 aliphatic rings. The summed E-state index contributed by atoms with van der Waals surface area (Å²) in [5.74, 6) is -0.141. The molecule has 1 amide bonds. The van der Waals surface area contributed by atoms with Crippen molar-refractivity contribution < 1.29 is 23.8 Å². The lowest BCUT2D eigenvalue weighted by Gasteiger charge is -2.26. The molecule has 1 aliphatic heterocycles. The Morgan fingerprint density at radius 2 is 1.87 bits per heavy atom. The lowest BCUT2D eigenvalue weighted by Crippen LogP contribution is -2.34. The molecule has 2 aromatic rings. The lowest BCUT2D eigenvalue weighted by molar-refractivity contribution is -0.125. The number of hydrogen-bond acceptors (Lipinski definition) is 5. The van der Waals surface area contributed by atoms with Gasteiger partial charge in [0, 0.05) is 6.61 Å². The predicted molar refractivity (Wildman–Crippen MR) is 111 cm³/mol. The van der Waals surface area contributed by atoms with E-state index in [2.05, 4.69) is 11.4 Å². The fraction of sp³-hybridized carbons (Fsp3) is 0.417. The van der Waals surface area contributed by atoms with E-state index in [0.717, 1.165) is 44.3 Å². The van der Waals surface area contributed by atoms with Crippen LogP contribution < -0.4 is 10.1 Å². The first kappa shape index (κ1) is 20.4. The number of amides is 1. The van der Waals surface area contributed by atoms with Crippen molar-refractivity contribution in [1.82, 2.24) is 5.32 Å². The monoisotopic (exact) mass is 409 g/mol. The first-order valence-corrected chi connectivity index (χ1v) is 10.6. The van der Waals surface area contributed by atoms with Crippen LogP contribution >= 0.6 is 0 Å². The Hall–Kier alpha value is -2.86. The van der Waals surface area contributed by atoms with Gasteiger partial charge < -0.3 is 19.5 Å². The van der Waals surface area contributed by atoms with Crippen molar-refractivity contribution in [3.8, 4) is 5.75 Å². The van der Waals surface area contributed by atoms with Crippen LogP contribution in [0.1, 0.15) is 53.2 Å².